The third-order valence-electron chi connectivity index (χ3n) is 2.58. The Balaban J connectivity index is 2.43. The summed E-state index contributed by atoms with van der Waals surface area (Å²) >= 11 is 3.49. The lowest BCUT2D eigenvalue weighted by Crippen LogP contribution is -2.20. The number of halogens is 1. The molecule has 2 aromatic heterocycles. The highest BCUT2D eigenvalue weighted by molar-refractivity contribution is 9.10. The van der Waals surface area contributed by atoms with Crippen molar-refractivity contribution in [2.24, 2.45) is 5.73 Å². The van der Waals surface area contributed by atoms with Crippen LogP contribution in [0.2, 0.25) is 0 Å². The zero-order valence-electron chi connectivity index (χ0n) is 9.84. The smallest absolute Gasteiger partial charge is 0.0908 e. The molecule has 1 atom stereocenters. The molecular weight excluding hydrogens is 280 g/mol. The van der Waals surface area contributed by atoms with Crippen molar-refractivity contribution in [1.29, 1.82) is 0 Å². The van der Waals surface area contributed by atoms with E-state index in [1.54, 1.807) is 12.4 Å². The van der Waals surface area contributed by atoms with Gasteiger partial charge in [0.1, 0.15) is 0 Å². The fourth-order valence-corrected chi connectivity index (χ4v) is 2.27. The molecule has 1 unspecified atom stereocenters. The maximum absolute atomic E-state index is 6.25. The molecule has 5 heteroatoms. The minimum atomic E-state index is -0.268. The second kappa shape index (κ2) is 4.98. The molecule has 0 fully saturated rings. The van der Waals surface area contributed by atoms with E-state index in [9.17, 15) is 0 Å². The van der Waals surface area contributed by atoms with E-state index in [0.717, 1.165) is 15.9 Å². The number of aromatic nitrogens is 3. The zero-order chi connectivity index (χ0) is 12.4. The monoisotopic (exact) mass is 294 g/mol. The molecule has 0 spiro atoms. The third kappa shape index (κ3) is 2.40. The lowest BCUT2D eigenvalue weighted by Gasteiger charge is -2.17. The molecule has 4 nitrogen and oxygen atoms in total. The van der Waals surface area contributed by atoms with E-state index < -0.39 is 0 Å². The van der Waals surface area contributed by atoms with E-state index in [-0.39, 0.29) is 12.1 Å². The predicted octanol–water partition coefficient (Wildman–Crippen LogP) is 2.67. The van der Waals surface area contributed by atoms with Gasteiger partial charge in [-0.05, 0) is 41.9 Å². The molecule has 0 radical (unpaired) electrons. The fourth-order valence-electron chi connectivity index (χ4n) is 1.75. The van der Waals surface area contributed by atoms with E-state index in [0.29, 0.717) is 0 Å². The Labute approximate surface area is 109 Å². The van der Waals surface area contributed by atoms with Crippen molar-refractivity contribution in [2.75, 3.05) is 0 Å². The molecule has 2 rings (SSSR count). The van der Waals surface area contributed by atoms with Crippen molar-refractivity contribution < 1.29 is 0 Å². The molecule has 2 aromatic rings. The molecule has 0 aliphatic rings. The van der Waals surface area contributed by atoms with Gasteiger partial charge >= 0.3 is 0 Å². The summed E-state index contributed by atoms with van der Waals surface area (Å²) in [6.45, 7) is 4.15. The topological polar surface area (TPSA) is 56.7 Å². The molecule has 0 saturated heterocycles. The summed E-state index contributed by atoms with van der Waals surface area (Å²) in [5.74, 6) is 0. The average Bonchev–Trinajstić information content (AvgIpc) is 2.71. The number of nitrogens with two attached hydrogens (primary N) is 1. The number of pyridine rings is 1. The van der Waals surface area contributed by atoms with Crippen LogP contribution < -0.4 is 5.73 Å². The third-order valence-corrected chi connectivity index (χ3v) is 3.19. The lowest BCUT2D eigenvalue weighted by molar-refractivity contribution is 0.497. The molecule has 90 valence electrons. The average molecular weight is 295 g/mol. The summed E-state index contributed by atoms with van der Waals surface area (Å²) in [5.41, 5.74) is 8.05. The van der Waals surface area contributed by atoms with Crippen molar-refractivity contribution in [3.8, 4) is 0 Å². The fraction of sp³-hybridized carbons (Fsp3) is 0.333. The Bertz CT molecular complexity index is 492. The van der Waals surface area contributed by atoms with Crippen molar-refractivity contribution in [2.45, 2.75) is 25.9 Å². The predicted molar refractivity (Wildman–Crippen MR) is 70.6 cm³/mol. The van der Waals surface area contributed by atoms with Crippen LogP contribution in [0.5, 0.6) is 0 Å². The van der Waals surface area contributed by atoms with Crippen molar-refractivity contribution in [3.63, 3.8) is 0 Å². The standard InChI is InChI=1S/C12H15BrN4/c1-8(2)17-12(9(13)7-16-17)11(14)10-5-3-4-6-15-10/h3-8,11H,14H2,1-2H3. The Morgan fingerprint density at radius 2 is 2.12 bits per heavy atom. The van der Waals surface area contributed by atoms with Gasteiger partial charge < -0.3 is 5.73 Å². The van der Waals surface area contributed by atoms with E-state index in [1.165, 1.54) is 0 Å². The highest BCUT2D eigenvalue weighted by atomic mass is 79.9. The Morgan fingerprint density at radius 3 is 2.71 bits per heavy atom. The largest absolute Gasteiger partial charge is 0.318 e. The van der Waals surface area contributed by atoms with Crippen molar-refractivity contribution in [3.05, 3.63) is 46.5 Å². The first-order valence-corrected chi connectivity index (χ1v) is 6.30. The minimum Gasteiger partial charge on any atom is -0.318 e. The van der Waals surface area contributed by atoms with Gasteiger partial charge in [-0.2, -0.15) is 5.10 Å². The SMILES string of the molecule is CC(C)n1ncc(Br)c1C(N)c1ccccn1. The lowest BCUT2D eigenvalue weighted by atomic mass is 10.1. The highest BCUT2D eigenvalue weighted by Gasteiger charge is 2.20. The number of rotatable bonds is 3. The van der Waals surface area contributed by atoms with Crippen LogP contribution in [0.25, 0.3) is 0 Å². The maximum atomic E-state index is 6.25. The van der Waals surface area contributed by atoms with Crippen LogP contribution in [0.15, 0.2) is 35.1 Å². The molecule has 17 heavy (non-hydrogen) atoms. The quantitative estimate of drug-likeness (QED) is 0.947. The van der Waals surface area contributed by atoms with Gasteiger partial charge in [-0.15, -0.1) is 0 Å². The summed E-state index contributed by atoms with van der Waals surface area (Å²) in [4.78, 5) is 4.29. The van der Waals surface area contributed by atoms with Crippen LogP contribution >= 0.6 is 15.9 Å². The molecule has 0 amide bonds. The Kier molecular flexibility index (Phi) is 3.59. The van der Waals surface area contributed by atoms with Gasteiger partial charge in [-0.25, -0.2) is 0 Å². The first kappa shape index (κ1) is 12.3. The summed E-state index contributed by atoms with van der Waals surface area (Å²) in [6, 6.07) is 5.74. The number of hydrogen-bond donors (Lipinski definition) is 1. The summed E-state index contributed by atoms with van der Waals surface area (Å²) in [5, 5.41) is 4.32. The van der Waals surface area contributed by atoms with Gasteiger partial charge in [0.2, 0.25) is 0 Å². The molecule has 0 aliphatic heterocycles. The first-order chi connectivity index (χ1) is 8.11. The van der Waals surface area contributed by atoms with Crippen LogP contribution in [0.1, 0.15) is 37.3 Å². The number of hydrogen-bond acceptors (Lipinski definition) is 3. The van der Waals surface area contributed by atoms with Crippen molar-refractivity contribution >= 4 is 15.9 Å². The molecule has 0 aliphatic carbocycles. The summed E-state index contributed by atoms with van der Waals surface area (Å²) in [6.07, 6.45) is 3.53. The second-order valence-corrected chi connectivity index (χ2v) is 5.00. The van der Waals surface area contributed by atoms with Crippen LogP contribution in [0, 0.1) is 0 Å². The van der Waals surface area contributed by atoms with E-state index in [2.05, 4.69) is 39.9 Å². The van der Waals surface area contributed by atoms with Gasteiger partial charge in [0, 0.05) is 12.2 Å². The van der Waals surface area contributed by atoms with Crippen LogP contribution in [0.3, 0.4) is 0 Å². The van der Waals surface area contributed by atoms with Gasteiger partial charge in [-0.3, -0.25) is 9.67 Å². The molecule has 0 saturated carbocycles. The molecule has 0 aromatic carbocycles. The van der Waals surface area contributed by atoms with Gasteiger partial charge in [0.25, 0.3) is 0 Å². The van der Waals surface area contributed by atoms with E-state index >= 15 is 0 Å². The summed E-state index contributed by atoms with van der Waals surface area (Å²) < 4.78 is 2.84. The van der Waals surface area contributed by atoms with Gasteiger partial charge in [0.15, 0.2) is 0 Å². The number of nitrogens with zero attached hydrogens (tertiary/aromatic N) is 3. The first-order valence-electron chi connectivity index (χ1n) is 5.50. The van der Waals surface area contributed by atoms with Crippen molar-refractivity contribution in [1.82, 2.24) is 14.8 Å². The minimum absolute atomic E-state index is 0.268. The van der Waals surface area contributed by atoms with Crippen LogP contribution in [0.4, 0.5) is 0 Å². The maximum Gasteiger partial charge on any atom is 0.0908 e. The Morgan fingerprint density at radius 1 is 1.35 bits per heavy atom. The van der Waals surface area contributed by atoms with E-state index in [1.807, 2.05) is 22.9 Å². The highest BCUT2D eigenvalue weighted by Crippen LogP contribution is 2.27. The van der Waals surface area contributed by atoms with Gasteiger partial charge in [0.05, 0.1) is 28.1 Å². The summed E-state index contributed by atoms with van der Waals surface area (Å²) in [7, 11) is 0. The van der Waals surface area contributed by atoms with E-state index in [4.69, 9.17) is 5.73 Å². The molecule has 2 heterocycles. The second-order valence-electron chi connectivity index (χ2n) is 4.15. The molecule has 2 N–H and O–H groups in total. The zero-order valence-corrected chi connectivity index (χ0v) is 11.4. The van der Waals surface area contributed by atoms with Crippen LogP contribution in [-0.2, 0) is 0 Å². The van der Waals surface area contributed by atoms with Crippen LogP contribution in [-0.4, -0.2) is 14.8 Å². The molecular formula is C12H15BrN4. The van der Waals surface area contributed by atoms with Gasteiger partial charge in [-0.1, -0.05) is 6.07 Å². The molecule has 0 bridgehead atoms. The Hall–Kier alpha value is -1.20. The normalized spacial score (nSPS) is 13.0.